The first kappa shape index (κ1) is 7.10. The van der Waals surface area contributed by atoms with Gasteiger partial charge < -0.3 is 0 Å². The molecule has 2 aliphatic carbocycles. The summed E-state index contributed by atoms with van der Waals surface area (Å²) in [6.45, 7) is 3.80. The molecule has 0 bridgehead atoms. The molecule has 3 nitrogen and oxygen atoms in total. The van der Waals surface area contributed by atoms with Gasteiger partial charge in [0, 0.05) is 0 Å². The predicted octanol–water partition coefficient (Wildman–Crippen LogP) is 0.853. The van der Waals surface area contributed by atoms with E-state index in [1.165, 1.54) is 0 Å². The lowest BCUT2D eigenvalue weighted by Gasteiger charge is -2.09. The van der Waals surface area contributed by atoms with Gasteiger partial charge in [-0.25, -0.2) is 5.48 Å². The molecule has 0 saturated heterocycles. The van der Waals surface area contributed by atoms with Crippen molar-refractivity contribution in [2.24, 2.45) is 11.3 Å². The van der Waals surface area contributed by atoms with Gasteiger partial charge in [0.25, 0.3) is 0 Å². The monoisotopic (exact) mass is 155 g/mol. The van der Waals surface area contributed by atoms with E-state index in [0.29, 0.717) is 5.92 Å². The van der Waals surface area contributed by atoms with Crippen LogP contribution in [-0.2, 0) is 9.63 Å². The molecule has 2 aliphatic rings. The van der Waals surface area contributed by atoms with Crippen LogP contribution in [0.25, 0.3) is 0 Å². The average molecular weight is 155 g/mol. The number of nitrogens with one attached hydrogen (secondary N) is 1. The fourth-order valence-corrected chi connectivity index (χ4v) is 1.35. The highest BCUT2D eigenvalue weighted by Crippen LogP contribution is 2.75. The van der Waals surface area contributed by atoms with Gasteiger partial charge in [-0.1, -0.05) is 0 Å². The summed E-state index contributed by atoms with van der Waals surface area (Å²) in [6, 6.07) is 0. The Balaban J connectivity index is 1.74. The van der Waals surface area contributed by atoms with Crippen LogP contribution in [0.1, 0.15) is 26.7 Å². The number of hydrogen-bond acceptors (Lipinski definition) is 2. The van der Waals surface area contributed by atoms with E-state index in [1.807, 2.05) is 13.8 Å². The van der Waals surface area contributed by atoms with Gasteiger partial charge in [0.2, 0.25) is 5.91 Å². The highest BCUT2D eigenvalue weighted by Gasteiger charge is 2.74. The van der Waals surface area contributed by atoms with Crippen LogP contribution in [-0.4, -0.2) is 12.0 Å². The van der Waals surface area contributed by atoms with E-state index in [-0.39, 0.29) is 17.4 Å². The van der Waals surface area contributed by atoms with Crippen molar-refractivity contribution in [3.63, 3.8) is 0 Å². The second kappa shape index (κ2) is 1.97. The van der Waals surface area contributed by atoms with Crippen LogP contribution in [0.2, 0.25) is 0 Å². The molecule has 1 N–H and O–H groups in total. The molecule has 0 atom stereocenters. The molecule has 0 aromatic carbocycles. The third-order valence-corrected chi connectivity index (χ3v) is 2.52. The first-order chi connectivity index (χ1) is 5.15. The van der Waals surface area contributed by atoms with E-state index in [1.54, 1.807) is 0 Å². The van der Waals surface area contributed by atoms with Gasteiger partial charge in [0.1, 0.15) is 0 Å². The third kappa shape index (κ3) is 1.03. The van der Waals surface area contributed by atoms with Gasteiger partial charge in [-0.3, -0.25) is 9.63 Å². The molecule has 2 fully saturated rings. The summed E-state index contributed by atoms with van der Waals surface area (Å²) < 4.78 is 0. The van der Waals surface area contributed by atoms with Crippen molar-refractivity contribution in [1.82, 2.24) is 5.48 Å². The number of rotatable bonds is 3. The van der Waals surface area contributed by atoms with Crippen LogP contribution < -0.4 is 5.48 Å². The summed E-state index contributed by atoms with van der Waals surface area (Å²) in [6.07, 6.45) is 2.24. The van der Waals surface area contributed by atoms with E-state index < -0.39 is 0 Å². The van der Waals surface area contributed by atoms with Crippen molar-refractivity contribution in [1.29, 1.82) is 0 Å². The summed E-state index contributed by atoms with van der Waals surface area (Å²) in [5.41, 5.74) is 2.52. The first-order valence-electron chi connectivity index (χ1n) is 4.11. The molecule has 0 heterocycles. The fourth-order valence-electron chi connectivity index (χ4n) is 1.35. The van der Waals surface area contributed by atoms with E-state index in [2.05, 4.69) is 5.48 Å². The molecular weight excluding hydrogens is 142 g/mol. The summed E-state index contributed by atoms with van der Waals surface area (Å²) >= 11 is 0. The van der Waals surface area contributed by atoms with Gasteiger partial charge in [0.05, 0.1) is 11.5 Å². The molecule has 0 aromatic heterocycles. The maximum absolute atomic E-state index is 11.2. The Kier molecular flexibility index (Phi) is 1.27. The molecule has 0 spiro atoms. The summed E-state index contributed by atoms with van der Waals surface area (Å²) in [7, 11) is 0. The predicted molar refractivity (Wildman–Crippen MR) is 39.5 cm³/mol. The number of carbonyl (C=O) groups is 1. The van der Waals surface area contributed by atoms with Crippen LogP contribution in [0, 0.1) is 11.3 Å². The fraction of sp³-hybridized carbons (Fsp3) is 0.875. The van der Waals surface area contributed by atoms with Crippen LogP contribution in [0.3, 0.4) is 0 Å². The minimum Gasteiger partial charge on any atom is -0.272 e. The van der Waals surface area contributed by atoms with Crippen molar-refractivity contribution in [2.45, 2.75) is 32.8 Å². The zero-order chi connectivity index (χ0) is 8.06. The molecule has 2 saturated carbocycles. The Morgan fingerprint density at radius 3 is 2.55 bits per heavy atom. The Morgan fingerprint density at radius 2 is 2.18 bits per heavy atom. The molecule has 11 heavy (non-hydrogen) atoms. The minimum atomic E-state index is 0.0366. The number of carbonyl (C=O) groups excluding carboxylic acids is 1. The summed E-state index contributed by atoms with van der Waals surface area (Å²) in [5, 5.41) is 0. The lowest BCUT2D eigenvalue weighted by molar-refractivity contribution is -0.140. The third-order valence-electron chi connectivity index (χ3n) is 2.52. The summed E-state index contributed by atoms with van der Waals surface area (Å²) in [5.74, 6) is 0.787. The SMILES string of the molecule is CC(C)ONC(=O)C12CC1C2. The largest absolute Gasteiger partial charge is 0.272 e. The standard InChI is InChI=1S/C8H13NO2/c1-5(2)11-9-7(10)8-3-6(8)4-8/h5-6H,3-4H2,1-2H3,(H,9,10). The van der Waals surface area contributed by atoms with Gasteiger partial charge in [0.15, 0.2) is 0 Å². The number of amides is 1. The first-order valence-corrected chi connectivity index (χ1v) is 4.11. The zero-order valence-corrected chi connectivity index (χ0v) is 6.89. The number of hydrogen-bond donors (Lipinski definition) is 1. The number of fused-ring (bicyclic) bond motifs is 1. The second-order valence-corrected chi connectivity index (χ2v) is 3.86. The average Bonchev–Trinajstić information content (AvgIpc) is 2.66. The molecule has 3 heteroatoms. The van der Waals surface area contributed by atoms with Crippen molar-refractivity contribution in [3.8, 4) is 0 Å². The van der Waals surface area contributed by atoms with E-state index in [0.717, 1.165) is 12.8 Å². The van der Waals surface area contributed by atoms with Crippen LogP contribution in [0.5, 0.6) is 0 Å². The van der Waals surface area contributed by atoms with Crippen LogP contribution in [0.15, 0.2) is 0 Å². The lowest BCUT2D eigenvalue weighted by atomic mass is 10.2. The molecule has 0 aromatic rings. The normalized spacial score (nSPS) is 38.3. The van der Waals surface area contributed by atoms with Crippen molar-refractivity contribution in [3.05, 3.63) is 0 Å². The second-order valence-electron chi connectivity index (χ2n) is 3.86. The molecule has 0 unspecified atom stereocenters. The summed E-state index contributed by atoms with van der Waals surface area (Å²) in [4.78, 5) is 16.2. The van der Waals surface area contributed by atoms with Crippen LogP contribution >= 0.6 is 0 Å². The van der Waals surface area contributed by atoms with Gasteiger partial charge >= 0.3 is 0 Å². The number of hydroxylamine groups is 1. The van der Waals surface area contributed by atoms with Crippen molar-refractivity contribution < 1.29 is 9.63 Å². The molecular formula is C8H13NO2. The van der Waals surface area contributed by atoms with E-state index in [9.17, 15) is 4.79 Å². The molecule has 1 amide bonds. The smallest absolute Gasteiger partial charge is 0.250 e. The van der Waals surface area contributed by atoms with Gasteiger partial charge in [-0.05, 0) is 32.6 Å². The molecule has 0 aliphatic heterocycles. The van der Waals surface area contributed by atoms with Gasteiger partial charge in [-0.2, -0.15) is 0 Å². The molecule has 62 valence electrons. The van der Waals surface area contributed by atoms with Gasteiger partial charge in [-0.15, -0.1) is 0 Å². The maximum atomic E-state index is 11.2. The maximum Gasteiger partial charge on any atom is 0.250 e. The molecule has 2 rings (SSSR count). The topological polar surface area (TPSA) is 38.3 Å². The highest BCUT2D eigenvalue weighted by molar-refractivity contribution is 5.89. The lowest BCUT2D eigenvalue weighted by Crippen LogP contribution is -2.30. The zero-order valence-electron chi connectivity index (χ0n) is 6.89. The highest BCUT2D eigenvalue weighted by atomic mass is 16.7. The van der Waals surface area contributed by atoms with Crippen molar-refractivity contribution >= 4 is 5.91 Å². The molecule has 0 radical (unpaired) electrons. The van der Waals surface area contributed by atoms with Crippen molar-refractivity contribution in [2.75, 3.05) is 0 Å². The Hall–Kier alpha value is -0.570. The van der Waals surface area contributed by atoms with E-state index >= 15 is 0 Å². The minimum absolute atomic E-state index is 0.0366. The van der Waals surface area contributed by atoms with Crippen LogP contribution in [0.4, 0.5) is 0 Å². The quantitative estimate of drug-likeness (QED) is 0.614. The Bertz CT molecular complexity index is 194. The Morgan fingerprint density at radius 1 is 1.64 bits per heavy atom. The van der Waals surface area contributed by atoms with E-state index in [4.69, 9.17) is 4.84 Å². The Labute approximate surface area is 66.1 Å².